The average Bonchev–Trinajstić information content (AvgIpc) is 2.86. The van der Waals surface area contributed by atoms with E-state index in [-0.39, 0.29) is 35.7 Å². The van der Waals surface area contributed by atoms with Gasteiger partial charge in [0, 0.05) is 24.5 Å². The molecule has 0 saturated carbocycles. The van der Waals surface area contributed by atoms with E-state index < -0.39 is 20.9 Å². The molecule has 1 aromatic rings. The molecule has 0 spiro atoms. The van der Waals surface area contributed by atoms with Gasteiger partial charge in [0.1, 0.15) is 5.82 Å². The molecule has 2 fully saturated rings. The maximum atomic E-state index is 13.0. The van der Waals surface area contributed by atoms with Crippen LogP contribution in [0.5, 0.6) is 0 Å². The van der Waals surface area contributed by atoms with Crippen molar-refractivity contribution in [3.8, 4) is 0 Å². The van der Waals surface area contributed by atoms with E-state index >= 15 is 0 Å². The zero-order valence-corrected chi connectivity index (χ0v) is 15.7. The van der Waals surface area contributed by atoms with Gasteiger partial charge in [-0.1, -0.05) is 0 Å². The van der Waals surface area contributed by atoms with E-state index in [4.69, 9.17) is 0 Å². The monoisotopic (exact) mass is 390 g/mol. The van der Waals surface area contributed by atoms with Gasteiger partial charge in [-0.05, 0) is 56.9 Å². The van der Waals surface area contributed by atoms with Crippen molar-refractivity contribution in [3.05, 3.63) is 30.1 Å². The van der Waals surface area contributed by atoms with Gasteiger partial charge in [-0.3, -0.25) is 4.79 Å². The number of rotatable bonds is 5. The molecule has 140 valence electrons. The van der Waals surface area contributed by atoms with Crippen LogP contribution in [0.2, 0.25) is 0 Å². The maximum Gasteiger partial charge on any atom is 0.221 e. The summed E-state index contributed by atoms with van der Waals surface area (Å²) < 4.78 is 37.9. The fourth-order valence-electron chi connectivity index (χ4n) is 3.69. The third-order valence-electron chi connectivity index (χ3n) is 4.98. The van der Waals surface area contributed by atoms with Crippen LogP contribution < -0.4 is 10.6 Å². The smallest absolute Gasteiger partial charge is 0.221 e. The summed E-state index contributed by atoms with van der Waals surface area (Å²) in [5, 5.41) is 5.64. The summed E-state index contributed by atoms with van der Waals surface area (Å²) in [5.41, 5.74) is 0. The second-order valence-corrected chi connectivity index (χ2v) is 9.25. The third kappa shape index (κ3) is 4.71. The van der Waals surface area contributed by atoms with Crippen LogP contribution in [0.1, 0.15) is 39.0 Å². The van der Waals surface area contributed by atoms with Crippen LogP contribution in [0.3, 0.4) is 0 Å². The first-order chi connectivity index (χ1) is 11.3. The molecule has 2 aliphatic rings. The van der Waals surface area contributed by atoms with Crippen LogP contribution in [0.25, 0.3) is 0 Å². The number of hydrogen-bond acceptors (Lipinski definition) is 4. The van der Waals surface area contributed by atoms with Crippen LogP contribution in [-0.4, -0.2) is 37.7 Å². The maximum absolute atomic E-state index is 13.0. The quantitative estimate of drug-likeness (QED) is 0.756. The summed E-state index contributed by atoms with van der Waals surface area (Å²) in [4.78, 5) is 12.3. The highest BCUT2D eigenvalue weighted by molar-refractivity contribution is 7.92. The molecule has 25 heavy (non-hydrogen) atoms. The zero-order valence-electron chi connectivity index (χ0n) is 14.1. The van der Waals surface area contributed by atoms with Gasteiger partial charge in [-0.2, -0.15) is 0 Å². The fourth-order valence-corrected chi connectivity index (χ4v) is 5.04. The summed E-state index contributed by atoms with van der Waals surface area (Å²) in [6.07, 6.45) is 4.01. The molecule has 3 unspecified atom stereocenters. The van der Waals surface area contributed by atoms with Gasteiger partial charge in [-0.25, -0.2) is 12.8 Å². The van der Waals surface area contributed by atoms with E-state index in [1.165, 1.54) is 19.1 Å². The van der Waals surface area contributed by atoms with Crippen LogP contribution in [-0.2, 0) is 14.6 Å². The summed E-state index contributed by atoms with van der Waals surface area (Å²) >= 11 is 0. The van der Waals surface area contributed by atoms with Crippen molar-refractivity contribution in [3.63, 3.8) is 0 Å². The molecule has 2 saturated heterocycles. The summed E-state index contributed by atoms with van der Waals surface area (Å²) in [6, 6.07) is 5.77. The molecule has 1 aromatic carbocycles. The standard InChI is InChI=1S/C17H23FN2O3S.ClH/c1-11(24(22,23)16-6-2-12(18)3-7-16)8-17(21)20-15-9-13-4-5-14(10-15)19-13;/h2-3,6-7,11,13-15,19H,4-5,8-10H2,1H3,(H,20,21);1H. The number of benzene rings is 1. The Kier molecular flexibility index (Phi) is 6.45. The van der Waals surface area contributed by atoms with E-state index in [9.17, 15) is 17.6 Å². The molecule has 3 atom stereocenters. The SMILES string of the molecule is CC(CC(=O)NC1CC2CCC(C1)N2)S(=O)(=O)c1ccc(F)cc1.Cl. The molecule has 2 bridgehead atoms. The lowest BCUT2D eigenvalue weighted by Crippen LogP contribution is -2.48. The van der Waals surface area contributed by atoms with E-state index in [2.05, 4.69) is 10.6 Å². The number of carbonyl (C=O) groups is 1. The Balaban J connectivity index is 0.00000225. The van der Waals surface area contributed by atoms with E-state index in [0.29, 0.717) is 12.1 Å². The first-order valence-electron chi connectivity index (χ1n) is 8.39. The third-order valence-corrected chi connectivity index (χ3v) is 7.14. The molecule has 2 aliphatic heterocycles. The molecule has 2 N–H and O–H groups in total. The topological polar surface area (TPSA) is 75.3 Å². The number of carbonyl (C=O) groups excluding carboxylic acids is 1. The van der Waals surface area contributed by atoms with Crippen molar-refractivity contribution in [2.45, 2.75) is 67.3 Å². The van der Waals surface area contributed by atoms with Crippen molar-refractivity contribution in [2.75, 3.05) is 0 Å². The summed E-state index contributed by atoms with van der Waals surface area (Å²) in [7, 11) is -3.64. The molecule has 1 amide bonds. The number of hydrogen-bond donors (Lipinski definition) is 2. The van der Waals surface area contributed by atoms with Gasteiger partial charge in [0.15, 0.2) is 9.84 Å². The predicted octanol–water partition coefficient (Wildman–Crippen LogP) is 2.20. The predicted molar refractivity (Wildman–Crippen MR) is 96.0 cm³/mol. The Labute approximate surface area is 154 Å². The lowest BCUT2D eigenvalue weighted by Gasteiger charge is -2.30. The van der Waals surface area contributed by atoms with Crippen molar-refractivity contribution < 1.29 is 17.6 Å². The molecule has 0 aliphatic carbocycles. The lowest BCUT2D eigenvalue weighted by atomic mass is 9.99. The lowest BCUT2D eigenvalue weighted by molar-refractivity contribution is -0.122. The van der Waals surface area contributed by atoms with Gasteiger partial charge in [0.2, 0.25) is 5.91 Å². The fraction of sp³-hybridized carbons (Fsp3) is 0.588. The van der Waals surface area contributed by atoms with E-state index in [0.717, 1.165) is 37.8 Å². The Hall–Kier alpha value is -1.18. The first-order valence-corrected chi connectivity index (χ1v) is 9.94. The molecule has 0 radical (unpaired) electrons. The zero-order chi connectivity index (χ0) is 17.3. The van der Waals surface area contributed by atoms with Crippen molar-refractivity contribution in [1.29, 1.82) is 0 Å². The number of piperidine rings is 1. The largest absolute Gasteiger partial charge is 0.353 e. The Morgan fingerprint density at radius 2 is 1.80 bits per heavy atom. The average molecular weight is 391 g/mol. The second-order valence-electron chi connectivity index (χ2n) is 6.89. The molecule has 5 nitrogen and oxygen atoms in total. The summed E-state index contributed by atoms with van der Waals surface area (Å²) in [5.74, 6) is -0.723. The Morgan fingerprint density at radius 3 is 2.36 bits per heavy atom. The number of sulfone groups is 1. The van der Waals surface area contributed by atoms with Crippen LogP contribution >= 0.6 is 12.4 Å². The highest BCUT2D eigenvalue weighted by Crippen LogP contribution is 2.27. The van der Waals surface area contributed by atoms with Gasteiger partial charge in [0.05, 0.1) is 10.1 Å². The van der Waals surface area contributed by atoms with Crippen molar-refractivity contribution in [1.82, 2.24) is 10.6 Å². The van der Waals surface area contributed by atoms with Gasteiger partial charge in [0.25, 0.3) is 0 Å². The van der Waals surface area contributed by atoms with Crippen LogP contribution in [0.15, 0.2) is 29.2 Å². The molecule has 3 rings (SSSR count). The van der Waals surface area contributed by atoms with Crippen molar-refractivity contribution in [2.24, 2.45) is 0 Å². The number of amides is 1. The summed E-state index contributed by atoms with van der Waals surface area (Å²) in [6.45, 7) is 1.52. The number of nitrogens with one attached hydrogen (secondary N) is 2. The van der Waals surface area contributed by atoms with Gasteiger partial charge in [-0.15, -0.1) is 12.4 Å². The minimum Gasteiger partial charge on any atom is -0.353 e. The van der Waals surface area contributed by atoms with E-state index in [1.807, 2.05) is 0 Å². The molecule has 2 heterocycles. The number of halogens is 2. The van der Waals surface area contributed by atoms with Crippen LogP contribution in [0.4, 0.5) is 4.39 Å². The second kappa shape index (κ2) is 8.01. The minimum atomic E-state index is -3.64. The van der Waals surface area contributed by atoms with Crippen molar-refractivity contribution >= 4 is 28.2 Å². The van der Waals surface area contributed by atoms with Gasteiger partial charge < -0.3 is 10.6 Å². The molecular weight excluding hydrogens is 367 g/mol. The Morgan fingerprint density at radius 1 is 1.24 bits per heavy atom. The normalized spacial score (nSPS) is 26.6. The molecule has 8 heteroatoms. The highest BCUT2D eigenvalue weighted by Gasteiger charge is 2.34. The number of fused-ring (bicyclic) bond motifs is 2. The van der Waals surface area contributed by atoms with Gasteiger partial charge >= 0.3 is 0 Å². The first kappa shape index (κ1) is 20.1. The van der Waals surface area contributed by atoms with Crippen LogP contribution in [0, 0.1) is 5.82 Å². The highest BCUT2D eigenvalue weighted by atomic mass is 35.5. The minimum absolute atomic E-state index is 0. The Bertz CT molecular complexity index is 699. The molecular formula is C17H24ClFN2O3S. The molecule has 0 aromatic heterocycles. The van der Waals surface area contributed by atoms with E-state index in [1.54, 1.807) is 0 Å².